The highest BCUT2D eigenvalue weighted by Gasteiger charge is 2.11. The highest BCUT2D eigenvalue weighted by atomic mass is 32.2. The van der Waals surface area contributed by atoms with E-state index < -0.39 is 28.5 Å². The molecule has 0 fully saturated rings. The zero-order valence-corrected chi connectivity index (χ0v) is 15.7. The van der Waals surface area contributed by atoms with E-state index in [9.17, 15) is 18.0 Å². The van der Waals surface area contributed by atoms with Crippen molar-refractivity contribution in [2.75, 3.05) is 18.5 Å². The number of ether oxygens (including phenoxy) is 2. The summed E-state index contributed by atoms with van der Waals surface area (Å²) in [6.07, 6.45) is 0. The van der Waals surface area contributed by atoms with Crippen LogP contribution in [0.3, 0.4) is 0 Å². The molecule has 9 heteroatoms. The van der Waals surface area contributed by atoms with Crippen LogP contribution in [0.1, 0.15) is 11.1 Å². The van der Waals surface area contributed by atoms with Gasteiger partial charge in [0.05, 0.1) is 4.90 Å². The van der Waals surface area contributed by atoms with Crippen molar-refractivity contribution >= 4 is 27.6 Å². The number of rotatable bonds is 7. The van der Waals surface area contributed by atoms with Gasteiger partial charge in [-0.1, -0.05) is 12.1 Å². The number of carbonyl (C=O) groups is 2. The molecule has 1 amide bonds. The molecule has 0 aliphatic carbocycles. The summed E-state index contributed by atoms with van der Waals surface area (Å²) in [5.41, 5.74) is 2.22. The smallest absolute Gasteiger partial charge is 0.344 e. The second kappa shape index (κ2) is 8.65. The normalized spacial score (nSPS) is 10.9. The Balaban J connectivity index is 1.79. The van der Waals surface area contributed by atoms with Crippen molar-refractivity contribution in [2.45, 2.75) is 18.7 Å². The van der Waals surface area contributed by atoms with Crippen molar-refractivity contribution in [1.29, 1.82) is 0 Å². The van der Waals surface area contributed by atoms with Crippen molar-refractivity contribution in [1.82, 2.24) is 0 Å². The molecule has 0 aliphatic rings. The lowest BCUT2D eigenvalue weighted by Crippen LogP contribution is -2.23. The van der Waals surface area contributed by atoms with Gasteiger partial charge in [-0.25, -0.2) is 18.4 Å². The summed E-state index contributed by atoms with van der Waals surface area (Å²) in [6, 6.07) is 10.9. The summed E-state index contributed by atoms with van der Waals surface area (Å²) in [5.74, 6) is -0.680. The van der Waals surface area contributed by atoms with Crippen molar-refractivity contribution in [3.63, 3.8) is 0 Å². The van der Waals surface area contributed by atoms with Crippen LogP contribution in [0.4, 0.5) is 5.69 Å². The number of benzene rings is 2. The molecule has 0 bridgehead atoms. The van der Waals surface area contributed by atoms with Crippen molar-refractivity contribution in [3.8, 4) is 5.75 Å². The maximum Gasteiger partial charge on any atom is 0.344 e. The minimum Gasteiger partial charge on any atom is -0.482 e. The lowest BCUT2D eigenvalue weighted by Gasteiger charge is -2.10. The van der Waals surface area contributed by atoms with E-state index in [-0.39, 0.29) is 11.5 Å². The number of anilines is 1. The number of carbonyl (C=O) groups excluding carboxylic acids is 2. The second-order valence-corrected chi connectivity index (χ2v) is 7.40. The Labute approximate surface area is 157 Å². The zero-order valence-electron chi connectivity index (χ0n) is 14.9. The van der Waals surface area contributed by atoms with E-state index in [0.717, 1.165) is 11.1 Å². The van der Waals surface area contributed by atoms with Gasteiger partial charge in [0.25, 0.3) is 5.91 Å². The second-order valence-electron chi connectivity index (χ2n) is 5.84. The molecule has 0 saturated heterocycles. The van der Waals surface area contributed by atoms with Crippen LogP contribution in [0.2, 0.25) is 0 Å². The molecule has 2 aromatic carbocycles. The van der Waals surface area contributed by atoms with Gasteiger partial charge in [0.1, 0.15) is 5.75 Å². The summed E-state index contributed by atoms with van der Waals surface area (Å²) in [4.78, 5) is 23.4. The molecule has 0 saturated carbocycles. The van der Waals surface area contributed by atoms with Gasteiger partial charge in [-0.05, 0) is 55.3 Å². The SMILES string of the molecule is Cc1ccc(C)c(OCC(=O)OCC(=O)Nc2ccc(S(N)(=O)=O)cc2)c1. The third kappa shape index (κ3) is 6.39. The fourth-order valence-electron chi connectivity index (χ4n) is 2.11. The van der Waals surface area contributed by atoms with E-state index in [4.69, 9.17) is 14.6 Å². The minimum absolute atomic E-state index is 0.0736. The zero-order chi connectivity index (χ0) is 20.0. The van der Waals surface area contributed by atoms with Gasteiger partial charge >= 0.3 is 5.97 Å². The van der Waals surface area contributed by atoms with E-state index in [1.165, 1.54) is 24.3 Å². The maximum atomic E-state index is 11.8. The predicted octanol–water partition coefficient (Wildman–Crippen LogP) is 1.51. The first-order chi connectivity index (χ1) is 12.6. The Kier molecular flexibility index (Phi) is 6.54. The van der Waals surface area contributed by atoms with Crippen LogP contribution >= 0.6 is 0 Å². The molecule has 27 heavy (non-hydrogen) atoms. The predicted molar refractivity (Wildman–Crippen MR) is 98.8 cm³/mol. The first kappa shape index (κ1) is 20.4. The fraction of sp³-hybridized carbons (Fsp3) is 0.222. The van der Waals surface area contributed by atoms with Crippen LogP contribution in [0.25, 0.3) is 0 Å². The van der Waals surface area contributed by atoms with E-state index in [1.807, 2.05) is 26.0 Å². The van der Waals surface area contributed by atoms with Crippen LogP contribution < -0.4 is 15.2 Å². The molecule has 0 aromatic heterocycles. The number of hydrogen-bond donors (Lipinski definition) is 2. The average Bonchev–Trinajstić information content (AvgIpc) is 2.60. The summed E-state index contributed by atoms with van der Waals surface area (Å²) >= 11 is 0. The van der Waals surface area contributed by atoms with Crippen LogP contribution in [-0.4, -0.2) is 33.5 Å². The third-order valence-electron chi connectivity index (χ3n) is 3.52. The molecule has 0 radical (unpaired) electrons. The van der Waals surface area contributed by atoms with E-state index in [0.29, 0.717) is 11.4 Å². The molecular formula is C18H20N2O6S. The Morgan fingerprint density at radius 3 is 2.33 bits per heavy atom. The van der Waals surface area contributed by atoms with Crippen molar-refractivity contribution < 1.29 is 27.5 Å². The summed E-state index contributed by atoms with van der Waals surface area (Å²) in [6.45, 7) is 2.95. The van der Waals surface area contributed by atoms with E-state index >= 15 is 0 Å². The average molecular weight is 392 g/mol. The third-order valence-corrected chi connectivity index (χ3v) is 4.45. The molecular weight excluding hydrogens is 372 g/mol. The molecule has 8 nitrogen and oxygen atoms in total. The fourth-order valence-corrected chi connectivity index (χ4v) is 2.63. The van der Waals surface area contributed by atoms with Crippen LogP contribution in [0.15, 0.2) is 47.4 Å². The molecule has 0 unspecified atom stereocenters. The lowest BCUT2D eigenvalue weighted by molar-refractivity contribution is -0.149. The van der Waals surface area contributed by atoms with E-state index in [1.54, 1.807) is 6.07 Å². The number of esters is 1. The number of aryl methyl sites for hydroxylation is 2. The van der Waals surface area contributed by atoms with Gasteiger partial charge in [0, 0.05) is 5.69 Å². The standard InChI is InChI=1S/C18H20N2O6S/c1-12-3-4-13(2)16(9-12)25-11-18(22)26-10-17(21)20-14-5-7-15(8-6-14)27(19,23)24/h3-9H,10-11H2,1-2H3,(H,20,21)(H2,19,23,24). The summed E-state index contributed by atoms with van der Waals surface area (Å²) in [5, 5.41) is 7.47. The van der Waals surface area contributed by atoms with Crippen LogP contribution in [0, 0.1) is 13.8 Å². The number of amides is 1. The Bertz CT molecular complexity index is 939. The number of sulfonamides is 1. The first-order valence-corrected chi connectivity index (χ1v) is 9.48. The number of nitrogens with two attached hydrogens (primary N) is 1. The van der Waals surface area contributed by atoms with Crippen molar-refractivity contribution in [3.05, 3.63) is 53.6 Å². The number of nitrogens with one attached hydrogen (secondary N) is 1. The highest BCUT2D eigenvalue weighted by Crippen LogP contribution is 2.19. The molecule has 0 spiro atoms. The molecule has 0 heterocycles. The monoisotopic (exact) mass is 392 g/mol. The minimum atomic E-state index is -3.80. The molecule has 2 aromatic rings. The van der Waals surface area contributed by atoms with Gasteiger partial charge < -0.3 is 14.8 Å². The van der Waals surface area contributed by atoms with Gasteiger partial charge in [-0.3, -0.25) is 4.79 Å². The van der Waals surface area contributed by atoms with Crippen molar-refractivity contribution in [2.24, 2.45) is 5.14 Å². The van der Waals surface area contributed by atoms with Gasteiger partial charge in [-0.2, -0.15) is 0 Å². The van der Waals surface area contributed by atoms with Gasteiger partial charge in [-0.15, -0.1) is 0 Å². The van der Waals surface area contributed by atoms with Crippen LogP contribution in [0.5, 0.6) is 5.75 Å². The van der Waals surface area contributed by atoms with Gasteiger partial charge in [0.2, 0.25) is 10.0 Å². The lowest BCUT2D eigenvalue weighted by atomic mass is 10.1. The number of primary sulfonamides is 1. The quantitative estimate of drug-likeness (QED) is 0.688. The van der Waals surface area contributed by atoms with E-state index in [2.05, 4.69) is 5.32 Å². The van der Waals surface area contributed by atoms with Gasteiger partial charge in [0.15, 0.2) is 13.2 Å². The summed E-state index contributed by atoms with van der Waals surface area (Å²) < 4.78 is 32.6. The molecule has 0 aliphatic heterocycles. The topological polar surface area (TPSA) is 125 Å². The van der Waals surface area contributed by atoms with Crippen LogP contribution in [-0.2, 0) is 24.3 Å². The summed E-state index contributed by atoms with van der Waals surface area (Å²) in [7, 11) is -3.80. The molecule has 2 rings (SSSR count). The highest BCUT2D eigenvalue weighted by molar-refractivity contribution is 7.89. The first-order valence-electron chi connectivity index (χ1n) is 7.93. The molecule has 0 atom stereocenters. The molecule has 144 valence electrons. The maximum absolute atomic E-state index is 11.8. The molecule has 3 N–H and O–H groups in total. The Hall–Kier alpha value is -2.91. The number of hydrogen-bond acceptors (Lipinski definition) is 6. The largest absolute Gasteiger partial charge is 0.482 e. The Morgan fingerprint density at radius 2 is 1.70 bits per heavy atom. The Morgan fingerprint density at radius 1 is 1.04 bits per heavy atom.